The normalized spacial score (nSPS) is 26.8. The molecule has 1 saturated carbocycles. The van der Waals surface area contributed by atoms with Crippen molar-refractivity contribution in [2.75, 3.05) is 19.8 Å². The predicted molar refractivity (Wildman–Crippen MR) is 89.4 cm³/mol. The van der Waals surface area contributed by atoms with Crippen LogP contribution in [0.3, 0.4) is 0 Å². The SMILES string of the molecule is CCO[C@@H]1CC[C@@H]2[C@@H]1OCCN2C(=O)c1cn2cc(Cl)ccc2n1. The van der Waals surface area contributed by atoms with Crippen molar-refractivity contribution in [2.24, 2.45) is 0 Å². The van der Waals surface area contributed by atoms with Crippen LogP contribution in [0.15, 0.2) is 24.5 Å². The molecule has 2 fully saturated rings. The summed E-state index contributed by atoms with van der Waals surface area (Å²) in [4.78, 5) is 19.3. The van der Waals surface area contributed by atoms with Crippen LogP contribution in [0.25, 0.3) is 5.65 Å². The van der Waals surface area contributed by atoms with Crippen LogP contribution in [0.1, 0.15) is 30.3 Å². The summed E-state index contributed by atoms with van der Waals surface area (Å²) in [6, 6.07) is 3.64. The molecule has 0 radical (unpaired) electrons. The number of hydrogen-bond donors (Lipinski definition) is 0. The molecule has 7 heteroatoms. The van der Waals surface area contributed by atoms with Crippen molar-refractivity contribution in [3.8, 4) is 0 Å². The summed E-state index contributed by atoms with van der Waals surface area (Å²) in [7, 11) is 0. The molecule has 0 bridgehead atoms. The maximum Gasteiger partial charge on any atom is 0.274 e. The van der Waals surface area contributed by atoms with Crippen LogP contribution in [-0.2, 0) is 9.47 Å². The van der Waals surface area contributed by atoms with Crippen molar-refractivity contribution in [2.45, 2.75) is 38.0 Å². The van der Waals surface area contributed by atoms with Crippen LogP contribution in [0.2, 0.25) is 5.02 Å². The summed E-state index contributed by atoms with van der Waals surface area (Å²) >= 11 is 6.00. The number of nitrogens with zero attached hydrogens (tertiary/aromatic N) is 3. The zero-order valence-corrected chi connectivity index (χ0v) is 14.3. The van der Waals surface area contributed by atoms with Gasteiger partial charge in [0.2, 0.25) is 0 Å². The third kappa shape index (κ3) is 2.68. The Labute approximate surface area is 145 Å². The van der Waals surface area contributed by atoms with Gasteiger partial charge < -0.3 is 18.8 Å². The molecule has 0 N–H and O–H groups in total. The van der Waals surface area contributed by atoms with Gasteiger partial charge in [-0.15, -0.1) is 0 Å². The van der Waals surface area contributed by atoms with E-state index in [-0.39, 0.29) is 24.2 Å². The fraction of sp³-hybridized carbons (Fsp3) is 0.529. The van der Waals surface area contributed by atoms with E-state index in [0.717, 1.165) is 12.8 Å². The van der Waals surface area contributed by atoms with Crippen LogP contribution in [0.4, 0.5) is 0 Å². The minimum absolute atomic E-state index is 0.0332. The highest BCUT2D eigenvalue weighted by molar-refractivity contribution is 6.30. The lowest BCUT2D eigenvalue weighted by Crippen LogP contribution is -2.54. The second kappa shape index (κ2) is 6.35. The van der Waals surface area contributed by atoms with Crippen molar-refractivity contribution >= 4 is 23.2 Å². The van der Waals surface area contributed by atoms with Gasteiger partial charge >= 0.3 is 0 Å². The van der Waals surface area contributed by atoms with Gasteiger partial charge in [0.1, 0.15) is 17.4 Å². The Hall–Kier alpha value is -1.63. The first-order chi connectivity index (χ1) is 11.7. The van der Waals surface area contributed by atoms with Gasteiger partial charge in [-0.1, -0.05) is 11.6 Å². The molecule has 128 valence electrons. The van der Waals surface area contributed by atoms with E-state index in [2.05, 4.69) is 4.98 Å². The number of fused-ring (bicyclic) bond motifs is 2. The van der Waals surface area contributed by atoms with Crippen molar-refractivity contribution < 1.29 is 14.3 Å². The molecule has 1 aliphatic heterocycles. The second-order valence-corrected chi connectivity index (χ2v) is 6.65. The summed E-state index contributed by atoms with van der Waals surface area (Å²) in [6.45, 7) is 3.78. The number of amides is 1. The number of halogens is 1. The van der Waals surface area contributed by atoms with Gasteiger partial charge in [-0.2, -0.15) is 0 Å². The molecule has 4 rings (SSSR count). The third-order valence-electron chi connectivity index (χ3n) is 4.81. The lowest BCUT2D eigenvalue weighted by Gasteiger charge is -2.38. The minimum Gasteiger partial charge on any atom is -0.376 e. The number of aromatic nitrogens is 2. The molecule has 0 unspecified atom stereocenters. The molecule has 3 heterocycles. The Morgan fingerprint density at radius 2 is 2.29 bits per heavy atom. The molecule has 1 aliphatic carbocycles. The summed E-state index contributed by atoms with van der Waals surface area (Å²) in [5.41, 5.74) is 1.16. The van der Waals surface area contributed by atoms with Gasteiger partial charge in [0.05, 0.1) is 23.8 Å². The highest BCUT2D eigenvalue weighted by Crippen LogP contribution is 2.33. The number of rotatable bonds is 3. The highest BCUT2D eigenvalue weighted by atomic mass is 35.5. The Morgan fingerprint density at radius 1 is 1.42 bits per heavy atom. The second-order valence-electron chi connectivity index (χ2n) is 6.21. The lowest BCUT2D eigenvalue weighted by molar-refractivity contribution is -0.102. The van der Waals surface area contributed by atoms with Crippen LogP contribution >= 0.6 is 11.6 Å². The molecule has 24 heavy (non-hydrogen) atoms. The minimum atomic E-state index is -0.0507. The molecule has 2 aromatic rings. The molecular weight excluding hydrogens is 330 g/mol. The average Bonchev–Trinajstić information content (AvgIpc) is 3.18. The van der Waals surface area contributed by atoms with E-state index in [4.69, 9.17) is 21.1 Å². The van der Waals surface area contributed by atoms with Crippen molar-refractivity contribution in [1.29, 1.82) is 0 Å². The molecule has 1 amide bonds. The van der Waals surface area contributed by atoms with Crippen molar-refractivity contribution in [1.82, 2.24) is 14.3 Å². The third-order valence-corrected chi connectivity index (χ3v) is 5.03. The molecular formula is C17H20ClN3O3. The summed E-state index contributed by atoms with van der Waals surface area (Å²) in [5.74, 6) is -0.0507. The van der Waals surface area contributed by atoms with E-state index < -0.39 is 0 Å². The van der Waals surface area contributed by atoms with Crippen LogP contribution in [0.5, 0.6) is 0 Å². The first-order valence-electron chi connectivity index (χ1n) is 8.36. The van der Waals surface area contributed by atoms with E-state index in [9.17, 15) is 4.79 Å². The van der Waals surface area contributed by atoms with Crippen LogP contribution in [0, 0.1) is 0 Å². The Bertz CT molecular complexity index is 763. The lowest BCUT2D eigenvalue weighted by atomic mass is 10.1. The van der Waals surface area contributed by atoms with Gasteiger partial charge in [0.25, 0.3) is 5.91 Å². The standard InChI is InChI=1S/C17H20ClN3O3/c1-2-23-14-5-4-13-16(14)24-8-7-21(13)17(22)12-10-20-9-11(18)3-6-15(20)19-12/h3,6,9-10,13-14,16H,2,4-5,7-8H2,1H3/t13-,14-,16+/m1/s1. The van der Waals surface area contributed by atoms with E-state index in [0.29, 0.717) is 36.1 Å². The number of ether oxygens (including phenoxy) is 2. The van der Waals surface area contributed by atoms with Crippen molar-refractivity contribution in [3.05, 3.63) is 35.2 Å². The van der Waals surface area contributed by atoms with E-state index in [1.165, 1.54) is 0 Å². The summed E-state index contributed by atoms with van der Waals surface area (Å²) < 4.78 is 13.4. The summed E-state index contributed by atoms with van der Waals surface area (Å²) in [6.07, 6.45) is 5.37. The molecule has 0 spiro atoms. The van der Waals surface area contributed by atoms with Gasteiger partial charge in [0, 0.05) is 25.5 Å². The summed E-state index contributed by atoms with van der Waals surface area (Å²) in [5, 5.41) is 0.612. The zero-order chi connectivity index (χ0) is 16.7. The molecule has 2 aromatic heterocycles. The molecule has 1 saturated heterocycles. The molecule has 3 atom stereocenters. The molecule has 0 aromatic carbocycles. The van der Waals surface area contributed by atoms with E-state index >= 15 is 0 Å². The molecule has 6 nitrogen and oxygen atoms in total. The number of pyridine rings is 1. The Kier molecular flexibility index (Phi) is 4.20. The smallest absolute Gasteiger partial charge is 0.274 e. The predicted octanol–water partition coefficient (Wildman–Crippen LogP) is 2.40. The van der Waals surface area contributed by atoms with Crippen LogP contribution in [-0.4, -0.2) is 58.2 Å². The molecule has 2 aliphatic rings. The number of morpholine rings is 1. The quantitative estimate of drug-likeness (QED) is 0.853. The Morgan fingerprint density at radius 3 is 3.12 bits per heavy atom. The highest BCUT2D eigenvalue weighted by Gasteiger charge is 2.45. The fourth-order valence-corrected chi connectivity index (χ4v) is 3.94. The first-order valence-corrected chi connectivity index (χ1v) is 8.73. The van der Waals surface area contributed by atoms with Gasteiger partial charge in [-0.3, -0.25) is 4.79 Å². The number of hydrogen-bond acceptors (Lipinski definition) is 4. The first kappa shape index (κ1) is 15.9. The average molecular weight is 350 g/mol. The van der Waals surface area contributed by atoms with Gasteiger partial charge in [-0.25, -0.2) is 4.98 Å². The van der Waals surface area contributed by atoms with Crippen LogP contribution < -0.4 is 0 Å². The van der Waals surface area contributed by atoms with E-state index in [1.807, 2.05) is 17.9 Å². The number of carbonyl (C=O) groups is 1. The van der Waals surface area contributed by atoms with E-state index in [1.54, 1.807) is 22.9 Å². The number of imidazole rings is 1. The Balaban J connectivity index is 1.58. The largest absolute Gasteiger partial charge is 0.376 e. The maximum absolute atomic E-state index is 13.0. The van der Waals surface area contributed by atoms with Gasteiger partial charge in [0.15, 0.2) is 0 Å². The fourth-order valence-electron chi connectivity index (χ4n) is 3.78. The van der Waals surface area contributed by atoms with Gasteiger partial charge in [-0.05, 0) is 31.9 Å². The zero-order valence-electron chi connectivity index (χ0n) is 13.5. The van der Waals surface area contributed by atoms with Crippen molar-refractivity contribution in [3.63, 3.8) is 0 Å². The topological polar surface area (TPSA) is 56.1 Å². The number of carbonyl (C=O) groups excluding carboxylic acids is 1. The maximum atomic E-state index is 13.0. The monoisotopic (exact) mass is 349 g/mol.